The molecule has 122 valence electrons. The Labute approximate surface area is 129 Å². The quantitative estimate of drug-likeness (QED) is 0.887. The number of morpholine rings is 1. The predicted molar refractivity (Wildman–Crippen MR) is 79.5 cm³/mol. The van der Waals surface area contributed by atoms with Crippen molar-refractivity contribution in [1.29, 1.82) is 0 Å². The second kappa shape index (κ2) is 6.12. The molecule has 0 unspecified atom stereocenters. The van der Waals surface area contributed by atoms with Crippen molar-refractivity contribution in [2.75, 3.05) is 32.1 Å². The summed E-state index contributed by atoms with van der Waals surface area (Å²) in [6, 6.07) is -0.106. The number of hydrogen-bond acceptors (Lipinski definition) is 6. The fourth-order valence-electron chi connectivity index (χ4n) is 2.64. The first-order valence-electron chi connectivity index (χ1n) is 7.71. The Morgan fingerprint density at radius 2 is 2.18 bits per heavy atom. The lowest BCUT2D eigenvalue weighted by Crippen LogP contribution is -2.52. The Morgan fingerprint density at radius 1 is 1.41 bits per heavy atom. The molecule has 1 aliphatic heterocycles. The van der Waals surface area contributed by atoms with E-state index < -0.39 is 0 Å². The third-order valence-corrected chi connectivity index (χ3v) is 3.97. The highest BCUT2D eigenvalue weighted by Crippen LogP contribution is 2.36. The number of rotatable bonds is 4. The Morgan fingerprint density at radius 3 is 2.82 bits per heavy atom. The first-order valence-corrected chi connectivity index (χ1v) is 7.71. The van der Waals surface area contributed by atoms with Crippen LogP contribution in [0.2, 0.25) is 0 Å². The molecule has 0 radical (unpaired) electrons. The van der Waals surface area contributed by atoms with Gasteiger partial charge in [-0.3, -0.25) is 0 Å². The summed E-state index contributed by atoms with van der Waals surface area (Å²) in [5.74, 6) is 1.52. The summed E-state index contributed by atoms with van der Waals surface area (Å²) < 4.78 is 11.0. The number of hydrogen-bond donors (Lipinski definition) is 1. The Hall–Kier alpha value is -1.83. The number of carbonyl (C=O) groups excluding carboxylic acids is 1. The molecule has 1 N–H and O–H groups in total. The number of carbonyl (C=O) groups is 1. The lowest BCUT2D eigenvalue weighted by atomic mass is 10.1. The number of urea groups is 1. The standard InChI is InChI=1S/C14H23N5O3/c1-9-7-19(8-11(21-9)10-4-5-10)14(20)15-6-12-16-13(17-22-12)18(2)3/h9-11H,4-8H2,1-3H3,(H,15,20)/t9-,11-/m0/s1. The monoisotopic (exact) mass is 309 g/mol. The van der Waals surface area contributed by atoms with E-state index in [4.69, 9.17) is 9.26 Å². The number of nitrogens with one attached hydrogen (secondary N) is 1. The average molecular weight is 309 g/mol. The summed E-state index contributed by atoms with van der Waals surface area (Å²) >= 11 is 0. The van der Waals surface area contributed by atoms with Gasteiger partial charge in [0.05, 0.1) is 18.8 Å². The molecule has 1 aromatic rings. The molecule has 2 heterocycles. The zero-order valence-electron chi connectivity index (χ0n) is 13.3. The molecule has 1 saturated carbocycles. The minimum atomic E-state index is -0.106. The van der Waals surface area contributed by atoms with Gasteiger partial charge in [0.1, 0.15) is 0 Å². The van der Waals surface area contributed by atoms with Gasteiger partial charge in [0.25, 0.3) is 5.95 Å². The summed E-state index contributed by atoms with van der Waals surface area (Å²) in [6.07, 6.45) is 2.68. The second-order valence-electron chi connectivity index (χ2n) is 6.27. The number of aromatic nitrogens is 2. The summed E-state index contributed by atoms with van der Waals surface area (Å²) in [4.78, 5) is 20.1. The van der Waals surface area contributed by atoms with Gasteiger partial charge in [0.2, 0.25) is 5.89 Å². The van der Waals surface area contributed by atoms with E-state index in [2.05, 4.69) is 15.5 Å². The number of nitrogens with zero attached hydrogens (tertiary/aromatic N) is 4. The van der Waals surface area contributed by atoms with E-state index in [1.807, 2.05) is 25.9 Å². The third-order valence-electron chi connectivity index (χ3n) is 3.97. The van der Waals surface area contributed by atoms with Crippen molar-refractivity contribution >= 4 is 12.0 Å². The van der Waals surface area contributed by atoms with E-state index in [9.17, 15) is 4.79 Å². The largest absolute Gasteiger partial charge is 0.371 e. The Balaban J connectivity index is 1.52. The molecule has 1 aromatic heterocycles. The first kappa shape index (κ1) is 15.1. The van der Waals surface area contributed by atoms with E-state index in [0.29, 0.717) is 30.8 Å². The molecule has 2 amide bonds. The molecule has 2 atom stereocenters. The minimum Gasteiger partial charge on any atom is -0.371 e. The Bertz CT molecular complexity index is 528. The Kier molecular flexibility index (Phi) is 4.19. The molecule has 22 heavy (non-hydrogen) atoms. The van der Waals surface area contributed by atoms with E-state index in [1.165, 1.54) is 12.8 Å². The maximum Gasteiger partial charge on any atom is 0.318 e. The SMILES string of the molecule is C[C@H]1CN(C(=O)NCc2nc(N(C)C)no2)C[C@@H](C2CC2)O1. The highest BCUT2D eigenvalue weighted by atomic mass is 16.5. The van der Waals surface area contributed by atoms with Crippen LogP contribution in [-0.4, -0.2) is 60.5 Å². The fourth-order valence-corrected chi connectivity index (χ4v) is 2.64. The molecule has 3 rings (SSSR count). The van der Waals surface area contributed by atoms with Crippen LogP contribution < -0.4 is 10.2 Å². The molecule has 2 fully saturated rings. The first-order chi connectivity index (χ1) is 10.5. The van der Waals surface area contributed by atoms with Gasteiger partial charge >= 0.3 is 6.03 Å². The van der Waals surface area contributed by atoms with Crippen molar-refractivity contribution in [2.45, 2.75) is 38.5 Å². The van der Waals surface area contributed by atoms with Crippen molar-refractivity contribution in [3.63, 3.8) is 0 Å². The number of anilines is 1. The van der Waals surface area contributed by atoms with Crippen LogP contribution in [0.1, 0.15) is 25.7 Å². The van der Waals surface area contributed by atoms with Crippen LogP contribution >= 0.6 is 0 Å². The summed E-state index contributed by atoms with van der Waals surface area (Å²) in [6.45, 7) is 3.52. The lowest BCUT2D eigenvalue weighted by molar-refractivity contribution is -0.0731. The molecule has 1 aliphatic carbocycles. The molecule has 8 heteroatoms. The molecule has 0 spiro atoms. The summed E-state index contributed by atoms with van der Waals surface area (Å²) in [5.41, 5.74) is 0. The number of amides is 2. The van der Waals surface area contributed by atoms with Crippen LogP contribution in [0.3, 0.4) is 0 Å². The van der Waals surface area contributed by atoms with Crippen LogP contribution in [0.25, 0.3) is 0 Å². The smallest absolute Gasteiger partial charge is 0.318 e. The highest BCUT2D eigenvalue weighted by Gasteiger charge is 2.38. The normalized spacial score (nSPS) is 25.1. The van der Waals surface area contributed by atoms with Gasteiger partial charge < -0.3 is 24.4 Å². The minimum absolute atomic E-state index is 0.0776. The average Bonchev–Trinajstić information content (AvgIpc) is 3.22. The van der Waals surface area contributed by atoms with Crippen LogP contribution in [0.5, 0.6) is 0 Å². The van der Waals surface area contributed by atoms with E-state index in [0.717, 1.165) is 0 Å². The second-order valence-corrected chi connectivity index (χ2v) is 6.27. The molecule has 8 nitrogen and oxygen atoms in total. The van der Waals surface area contributed by atoms with Crippen LogP contribution in [0.4, 0.5) is 10.7 Å². The summed E-state index contributed by atoms with van der Waals surface area (Å²) in [7, 11) is 3.67. The molecular weight excluding hydrogens is 286 g/mol. The van der Waals surface area contributed by atoms with Crippen molar-refractivity contribution in [1.82, 2.24) is 20.4 Å². The van der Waals surface area contributed by atoms with Gasteiger partial charge in [-0.05, 0) is 30.8 Å². The molecular formula is C14H23N5O3. The molecule has 0 bridgehead atoms. The topological polar surface area (TPSA) is 83.7 Å². The fraction of sp³-hybridized carbons (Fsp3) is 0.786. The zero-order valence-corrected chi connectivity index (χ0v) is 13.3. The maximum absolute atomic E-state index is 12.3. The van der Waals surface area contributed by atoms with Gasteiger partial charge in [-0.15, -0.1) is 0 Å². The van der Waals surface area contributed by atoms with E-state index in [-0.39, 0.29) is 24.8 Å². The van der Waals surface area contributed by atoms with Gasteiger partial charge in [0, 0.05) is 27.2 Å². The van der Waals surface area contributed by atoms with Crippen LogP contribution in [0, 0.1) is 5.92 Å². The molecule has 0 aromatic carbocycles. The molecule has 2 aliphatic rings. The third kappa shape index (κ3) is 3.49. The van der Waals surface area contributed by atoms with Gasteiger partial charge in [-0.25, -0.2) is 4.79 Å². The van der Waals surface area contributed by atoms with Crippen molar-refractivity contribution in [3.8, 4) is 0 Å². The van der Waals surface area contributed by atoms with Gasteiger partial charge in [0.15, 0.2) is 0 Å². The van der Waals surface area contributed by atoms with Crippen molar-refractivity contribution in [2.24, 2.45) is 5.92 Å². The highest BCUT2D eigenvalue weighted by molar-refractivity contribution is 5.74. The van der Waals surface area contributed by atoms with E-state index in [1.54, 1.807) is 4.90 Å². The van der Waals surface area contributed by atoms with E-state index >= 15 is 0 Å². The van der Waals surface area contributed by atoms with Gasteiger partial charge in [-0.2, -0.15) is 4.98 Å². The van der Waals surface area contributed by atoms with Crippen LogP contribution in [0.15, 0.2) is 4.52 Å². The van der Waals surface area contributed by atoms with Crippen molar-refractivity contribution < 1.29 is 14.1 Å². The van der Waals surface area contributed by atoms with Gasteiger partial charge in [-0.1, -0.05) is 0 Å². The zero-order chi connectivity index (χ0) is 15.7. The number of ether oxygens (including phenoxy) is 1. The van der Waals surface area contributed by atoms with Crippen LogP contribution in [-0.2, 0) is 11.3 Å². The lowest BCUT2D eigenvalue weighted by Gasteiger charge is -2.36. The summed E-state index contributed by atoms with van der Waals surface area (Å²) in [5, 5.41) is 6.65. The predicted octanol–water partition coefficient (Wildman–Crippen LogP) is 0.845. The molecule has 1 saturated heterocycles. The van der Waals surface area contributed by atoms with Crippen molar-refractivity contribution in [3.05, 3.63) is 5.89 Å². The maximum atomic E-state index is 12.3.